The van der Waals surface area contributed by atoms with Gasteiger partial charge >= 0.3 is 0 Å². The number of methoxy groups -OCH3 is 2. The van der Waals surface area contributed by atoms with E-state index in [-0.39, 0.29) is 55.3 Å². The molecule has 1 N–H and O–H groups in total. The van der Waals surface area contributed by atoms with Crippen molar-refractivity contribution in [1.29, 1.82) is 0 Å². The summed E-state index contributed by atoms with van der Waals surface area (Å²) in [5.74, 6) is 0.750. The highest BCUT2D eigenvalue weighted by atomic mass is 28.3. The SMILES string of the molecule is COc1ccc([Si](C)(C)[C@H]2[C@H](CC(=O)N(CCO)Cc3ccccc3)O[C@@]3(C(=O)N(Cc4ccc(N5C(=O)CCc6ccccc65)cc4)c4ccc(OC)cc43)[C@@H]2C)cc1. The molecular formula is C49H53N3O7Si. The maximum atomic E-state index is 15.5. The van der Waals surface area contributed by atoms with E-state index in [2.05, 4.69) is 38.2 Å². The standard InChI is InChI=1S/C49H53N3O7Si/c1-33-47(60(4,5)40-23-20-38(57-2)21-24-40)44(30-46(55)50(27-28-53)31-34-11-7-6-8-12-34)59-49(33)41-29-39(58-3)22-25-43(41)51(48(49)56)32-35-15-18-37(19-16-35)52-42-14-10-9-13-36(42)17-26-45(52)54/h6-16,18-25,29,33,44,47,53H,17,26-28,30-32H2,1-5H3/t33-,44+,47-,49+/m1/s1. The quantitative estimate of drug-likeness (QED) is 0.123. The predicted octanol–water partition coefficient (Wildman–Crippen LogP) is 7.49. The highest BCUT2D eigenvalue weighted by Gasteiger charge is 2.66. The molecule has 4 atom stereocenters. The van der Waals surface area contributed by atoms with E-state index < -0.39 is 19.8 Å². The van der Waals surface area contributed by atoms with Crippen LogP contribution in [0.5, 0.6) is 11.5 Å². The van der Waals surface area contributed by atoms with Crippen molar-refractivity contribution in [1.82, 2.24) is 4.90 Å². The van der Waals surface area contributed by atoms with Crippen LogP contribution in [0.15, 0.2) is 121 Å². The summed E-state index contributed by atoms with van der Waals surface area (Å²) < 4.78 is 18.6. The highest BCUT2D eigenvalue weighted by Crippen LogP contribution is 2.60. The Morgan fingerprint density at radius 1 is 0.833 bits per heavy atom. The Morgan fingerprint density at radius 2 is 1.52 bits per heavy atom. The van der Waals surface area contributed by atoms with Crippen molar-refractivity contribution >= 4 is 48.0 Å². The van der Waals surface area contributed by atoms with E-state index >= 15 is 4.79 Å². The van der Waals surface area contributed by atoms with Crippen LogP contribution in [0.4, 0.5) is 17.1 Å². The number of nitrogens with zero attached hydrogens (tertiary/aromatic N) is 3. The number of amides is 3. The molecule has 0 aromatic heterocycles. The topological polar surface area (TPSA) is 109 Å². The molecule has 1 spiro atoms. The lowest BCUT2D eigenvalue weighted by Crippen LogP contribution is -2.52. The summed E-state index contributed by atoms with van der Waals surface area (Å²) in [6.07, 6.45) is 0.597. The Hall–Kier alpha value is -5.75. The second kappa shape index (κ2) is 16.7. The van der Waals surface area contributed by atoms with Gasteiger partial charge in [0.15, 0.2) is 5.60 Å². The van der Waals surface area contributed by atoms with Crippen molar-refractivity contribution in [3.05, 3.63) is 144 Å². The molecule has 5 aromatic rings. The Bertz CT molecular complexity index is 2370. The second-order valence-electron chi connectivity index (χ2n) is 16.7. The number of rotatable bonds is 13. The molecule has 1 saturated heterocycles. The number of carbonyl (C=O) groups is 3. The minimum Gasteiger partial charge on any atom is -0.497 e. The fourth-order valence-corrected chi connectivity index (χ4v) is 13.9. The first-order valence-corrected chi connectivity index (χ1v) is 23.8. The van der Waals surface area contributed by atoms with E-state index in [1.807, 2.05) is 103 Å². The van der Waals surface area contributed by atoms with E-state index in [0.717, 1.165) is 56.7 Å². The van der Waals surface area contributed by atoms with Crippen LogP contribution in [0, 0.1) is 5.92 Å². The maximum absolute atomic E-state index is 15.5. The van der Waals surface area contributed by atoms with Crippen molar-refractivity contribution in [2.24, 2.45) is 5.92 Å². The van der Waals surface area contributed by atoms with Crippen LogP contribution < -0.4 is 24.5 Å². The summed E-state index contributed by atoms with van der Waals surface area (Å²) in [6.45, 7) is 7.31. The molecule has 10 nitrogen and oxygen atoms in total. The molecule has 8 rings (SSSR count). The van der Waals surface area contributed by atoms with Crippen molar-refractivity contribution in [3.63, 3.8) is 0 Å². The molecule has 3 aliphatic heterocycles. The van der Waals surface area contributed by atoms with Gasteiger partial charge in [-0.3, -0.25) is 19.3 Å². The van der Waals surface area contributed by atoms with Crippen molar-refractivity contribution in [2.75, 3.05) is 37.2 Å². The summed E-state index contributed by atoms with van der Waals surface area (Å²) in [4.78, 5) is 48.4. The number of anilines is 3. The number of benzene rings is 5. The van der Waals surface area contributed by atoms with Gasteiger partial charge in [0, 0.05) is 36.7 Å². The van der Waals surface area contributed by atoms with Gasteiger partial charge in [0.05, 0.1) is 59.3 Å². The van der Waals surface area contributed by atoms with E-state index in [4.69, 9.17) is 14.2 Å². The van der Waals surface area contributed by atoms with Gasteiger partial charge in [0.2, 0.25) is 11.8 Å². The van der Waals surface area contributed by atoms with Gasteiger partial charge in [-0.25, -0.2) is 0 Å². The summed E-state index contributed by atoms with van der Waals surface area (Å²) in [7, 11) is 0.707. The van der Waals surface area contributed by atoms with Crippen LogP contribution >= 0.6 is 0 Å². The molecule has 0 radical (unpaired) electrons. The third kappa shape index (κ3) is 7.28. The summed E-state index contributed by atoms with van der Waals surface area (Å²) >= 11 is 0. The lowest BCUT2D eigenvalue weighted by atomic mass is 9.82. The smallest absolute Gasteiger partial charge is 0.264 e. The summed E-state index contributed by atoms with van der Waals surface area (Å²) in [5.41, 5.74) is 4.56. The number of ether oxygens (including phenoxy) is 3. The third-order valence-electron chi connectivity index (χ3n) is 13.0. The van der Waals surface area contributed by atoms with Gasteiger partial charge in [0.1, 0.15) is 11.5 Å². The molecule has 0 saturated carbocycles. The minimum absolute atomic E-state index is 0.0442. The minimum atomic E-state index is -2.55. The molecule has 60 heavy (non-hydrogen) atoms. The zero-order chi connectivity index (χ0) is 42.2. The lowest BCUT2D eigenvalue weighted by Gasteiger charge is -2.37. The van der Waals surface area contributed by atoms with Crippen LogP contribution in [0.25, 0.3) is 0 Å². The zero-order valence-corrected chi connectivity index (χ0v) is 36.0. The van der Waals surface area contributed by atoms with Gasteiger partial charge in [0.25, 0.3) is 5.91 Å². The number of hydrogen-bond acceptors (Lipinski definition) is 7. The second-order valence-corrected chi connectivity index (χ2v) is 21.4. The normalized spacial score (nSPS) is 20.9. The number of aliphatic hydroxyl groups excluding tert-OH is 1. The number of aryl methyl sites for hydroxylation is 1. The summed E-state index contributed by atoms with van der Waals surface area (Å²) in [6, 6.07) is 39.5. The number of fused-ring (bicyclic) bond motifs is 3. The molecule has 1 fully saturated rings. The van der Waals surface area contributed by atoms with Crippen LogP contribution in [0.1, 0.15) is 42.0 Å². The first-order chi connectivity index (χ1) is 29.0. The van der Waals surface area contributed by atoms with Gasteiger partial charge in [-0.05, 0) is 77.2 Å². The van der Waals surface area contributed by atoms with Gasteiger partial charge in [-0.2, -0.15) is 0 Å². The van der Waals surface area contributed by atoms with E-state index in [1.54, 1.807) is 28.9 Å². The fourth-order valence-electron chi connectivity index (χ4n) is 9.94. The van der Waals surface area contributed by atoms with E-state index in [9.17, 15) is 14.7 Å². The average Bonchev–Trinajstić information content (AvgIpc) is 3.69. The van der Waals surface area contributed by atoms with Crippen LogP contribution in [0.2, 0.25) is 18.6 Å². The molecule has 0 bridgehead atoms. The predicted molar refractivity (Wildman–Crippen MR) is 236 cm³/mol. The molecule has 0 aliphatic carbocycles. The molecule has 3 amide bonds. The van der Waals surface area contributed by atoms with E-state index in [1.165, 1.54) is 0 Å². The van der Waals surface area contributed by atoms with Crippen LogP contribution in [0.3, 0.4) is 0 Å². The Kier molecular flexibility index (Phi) is 11.4. The van der Waals surface area contributed by atoms with Crippen molar-refractivity contribution in [2.45, 2.75) is 69.6 Å². The fraction of sp³-hybridized carbons (Fsp3) is 0.327. The molecule has 310 valence electrons. The van der Waals surface area contributed by atoms with E-state index in [0.29, 0.717) is 18.7 Å². The Labute approximate surface area is 353 Å². The maximum Gasteiger partial charge on any atom is 0.264 e. The average molecular weight is 824 g/mol. The van der Waals surface area contributed by atoms with Gasteiger partial charge in [-0.1, -0.05) is 98.0 Å². The van der Waals surface area contributed by atoms with Gasteiger partial charge in [-0.15, -0.1) is 0 Å². The molecule has 11 heteroatoms. The first kappa shape index (κ1) is 41.0. The number of aliphatic hydroxyl groups is 1. The number of carbonyl (C=O) groups excluding carboxylic acids is 3. The van der Waals surface area contributed by atoms with Crippen molar-refractivity contribution < 1.29 is 33.7 Å². The molecule has 5 aromatic carbocycles. The monoisotopic (exact) mass is 823 g/mol. The highest BCUT2D eigenvalue weighted by molar-refractivity contribution is 6.91. The van der Waals surface area contributed by atoms with Crippen LogP contribution in [-0.4, -0.2) is 69.3 Å². The summed E-state index contributed by atoms with van der Waals surface area (Å²) in [5, 5.41) is 11.2. The number of para-hydroxylation sites is 1. The first-order valence-electron chi connectivity index (χ1n) is 20.7. The Balaban J connectivity index is 1.16. The Morgan fingerprint density at radius 3 is 2.22 bits per heavy atom. The van der Waals surface area contributed by atoms with Crippen LogP contribution in [-0.2, 0) is 44.2 Å². The molecule has 3 heterocycles. The number of hydrogen-bond donors (Lipinski definition) is 1. The molecule has 3 aliphatic rings. The third-order valence-corrected chi connectivity index (χ3v) is 17.3. The zero-order valence-electron chi connectivity index (χ0n) is 35.0. The van der Waals surface area contributed by atoms with Crippen molar-refractivity contribution in [3.8, 4) is 11.5 Å². The molecule has 0 unspecified atom stereocenters. The largest absolute Gasteiger partial charge is 0.497 e. The van der Waals surface area contributed by atoms with Gasteiger partial charge < -0.3 is 29.1 Å². The molecular weight excluding hydrogens is 771 g/mol. The lowest BCUT2D eigenvalue weighted by molar-refractivity contribution is -0.150.